The highest BCUT2D eigenvalue weighted by Gasteiger charge is 2.27. The van der Waals surface area contributed by atoms with Crippen LogP contribution in [0.1, 0.15) is 71.3 Å². The van der Waals surface area contributed by atoms with Gasteiger partial charge in [-0.3, -0.25) is 9.78 Å². The zero-order valence-electron chi connectivity index (χ0n) is 22.3. The van der Waals surface area contributed by atoms with Crippen molar-refractivity contribution < 1.29 is 0 Å². The summed E-state index contributed by atoms with van der Waals surface area (Å²) in [5, 5.41) is 7.66. The molecular weight excluding hydrogens is 448 g/mol. The second kappa shape index (κ2) is 8.59. The summed E-state index contributed by atoms with van der Waals surface area (Å²) < 4.78 is 3.80. The molecule has 7 heteroatoms. The molecule has 3 aromatic heterocycles. The fourth-order valence-electron chi connectivity index (χ4n) is 5.11. The van der Waals surface area contributed by atoms with Gasteiger partial charge in [0.1, 0.15) is 5.82 Å². The number of nitrogens with one attached hydrogen (secondary N) is 2. The summed E-state index contributed by atoms with van der Waals surface area (Å²) in [7, 11) is 0. The third-order valence-corrected chi connectivity index (χ3v) is 7.02. The van der Waals surface area contributed by atoms with Gasteiger partial charge >= 0.3 is 0 Å². The Hall–Kier alpha value is -3.45. The number of pyridine rings is 2. The van der Waals surface area contributed by atoms with Gasteiger partial charge in [-0.15, -0.1) is 0 Å². The Bertz CT molecular complexity index is 1500. The van der Waals surface area contributed by atoms with Crippen LogP contribution in [0.25, 0.3) is 16.6 Å². The van der Waals surface area contributed by atoms with Crippen LogP contribution in [0.4, 0.5) is 11.5 Å². The Labute approximate surface area is 212 Å². The number of nitrogens with zero attached hydrogens (tertiary/aromatic N) is 4. The molecule has 36 heavy (non-hydrogen) atoms. The molecule has 0 saturated carbocycles. The fourth-order valence-corrected chi connectivity index (χ4v) is 5.11. The first-order valence-corrected chi connectivity index (χ1v) is 12.7. The summed E-state index contributed by atoms with van der Waals surface area (Å²) in [5.74, 6) is 0.704. The second-order valence-corrected chi connectivity index (χ2v) is 11.6. The molecule has 1 aliphatic heterocycles. The quantitative estimate of drug-likeness (QED) is 0.395. The highest BCUT2D eigenvalue weighted by molar-refractivity contribution is 5.83. The van der Waals surface area contributed by atoms with Crippen LogP contribution in [0, 0.1) is 0 Å². The fraction of sp³-hybridized carbons (Fsp3) is 0.414. The molecule has 1 aromatic carbocycles. The zero-order chi connectivity index (χ0) is 25.8. The van der Waals surface area contributed by atoms with Crippen LogP contribution in [0.5, 0.6) is 0 Å². The summed E-state index contributed by atoms with van der Waals surface area (Å²) >= 11 is 0. The van der Waals surface area contributed by atoms with Gasteiger partial charge < -0.3 is 10.6 Å². The molecule has 7 nitrogen and oxygen atoms in total. The number of fused-ring (bicyclic) bond motifs is 2. The standard InChI is InChI=1S/C29H36N6O/c1-18(2)34-27(36)22-17-31-26(33-20-8-9-23-19(14-20)10-13-32-29(23,6)7)16-24(22)35(34)21-11-12-30-25(15-21)28(3,4)5/h8-9,11-12,14-18,32H,10,13H2,1-7H3,(H,31,33). The summed E-state index contributed by atoms with van der Waals surface area (Å²) in [6.45, 7) is 15.9. The predicted molar refractivity (Wildman–Crippen MR) is 147 cm³/mol. The van der Waals surface area contributed by atoms with Crippen molar-refractivity contribution in [2.45, 2.75) is 71.9 Å². The SMILES string of the molecule is CC(C)n1c(=O)c2cnc(Nc3ccc4c(c3)CCNC4(C)C)cc2n1-c1ccnc(C(C)(C)C)c1. The summed E-state index contributed by atoms with van der Waals surface area (Å²) in [4.78, 5) is 22.6. The number of hydrogen-bond donors (Lipinski definition) is 2. The largest absolute Gasteiger partial charge is 0.340 e. The number of benzene rings is 1. The van der Waals surface area contributed by atoms with Gasteiger partial charge in [-0.2, -0.15) is 0 Å². The lowest BCUT2D eigenvalue weighted by Crippen LogP contribution is -2.42. The Morgan fingerprint density at radius 3 is 2.58 bits per heavy atom. The Morgan fingerprint density at radius 2 is 1.86 bits per heavy atom. The Balaban J connectivity index is 1.61. The molecular formula is C29H36N6O. The predicted octanol–water partition coefficient (Wildman–Crippen LogP) is 5.59. The van der Waals surface area contributed by atoms with E-state index in [1.165, 1.54) is 11.1 Å². The molecule has 5 rings (SSSR count). The van der Waals surface area contributed by atoms with Crippen molar-refractivity contribution >= 4 is 22.4 Å². The lowest BCUT2D eigenvalue weighted by atomic mass is 9.85. The molecule has 0 amide bonds. The number of anilines is 2. The first-order chi connectivity index (χ1) is 17.0. The van der Waals surface area contributed by atoms with Crippen molar-refractivity contribution in [1.29, 1.82) is 0 Å². The lowest BCUT2D eigenvalue weighted by Gasteiger charge is -2.34. The van der Waals surface area contributed by atoms with Crippen LogP contribution in [-0.4, -0.2) is 25.9 Å². The average molecular weight is 485 g/mol. The maximum atomic E-state index is 13.4. The molecule has 0 saturated heterocycles. The maximum absolute atomic E-state index is 13.4. The Kier molecular flexibility index (Phi) is 5.79. The topological polar surface area (TPSA) is 76.8 Å². The molecule has 0 radical (unpaired) electrons. The molecule has 0 unspecified atom stereocenters. The van der Waals surface area contributed by atoms with Crippen molar-refractivity contribution in [3.8, 4) is 5.69 Å². The van der Waals surface area contributed by atoms with Crippen LogP contribution in [0.3, 0.4) is 0 Å². The summed E-state index contributed by atoms with van der Waals surface area (Å²) in [6.07, 6.45) is 4.50. The van der Waals surface area contributed by atoms with Gasteiger partial charge in [0.05, 0.1) is 16.6 Å². The van der Waals surface area contributed by atoms with E-state index in [0.29, 0.717) is 11.2 Å². The number of hydrogen-bond acceptors (Lipinski definition) is 5. The van der Waals surface area contributed by atoms with E-state index in [2.05, 4.69) is 79.5 Å². The molecule has 0 fully saturated rings. The van der Waals surface area contributed by atoms with Gasteiger partial charge in [0.15, 0.2) is 0 Å². The second-order valence-electron chi connectivity index (χ2n) is 11.6. The first-order valence-electron chi connectivity index (χ1n) is 12.7. The minimum Gasteiger partial charge on any atom is -0.340 e. The third kappa shape index (κ3) is 4.22. The molecule has 0 spiro atoms. The number of rotatable bonds is 4. The minimum atomic E-state index is -0.104. The average Bonchev–Trinajstić information content (AvgIpc) is 3.10. The van der Waals surface area contributed by atoms with Gasteiger partial charge in [-0.05, 0) is 76.1 Å². The molecule has 188 valence electrons. The molecule has 0 bridgehead atoms. The van der Waals surface area contributed by atoms with Gasteiger partial charge in [0.25, 0.3) is 5.56 Å². The van der Waals surface area contributed by atoms with Crippen LogP contribution in [0.15, 0.2) is 53.6 Å². The molecule has 0 atom stereocenters. The van der Waals surface area contributed by atoms with Gasteiger partial charge in [0, 0.05) is 46.8 Å². The van der Waals surface area contributed by atoms with Crippen molar-refractivity contribution in [3.63, 3.8) is 0 Å². The van der Waals surface area contributed by atoms with E-state index >= 15 is 0 Å². The van der Waals surface area contributed by atoms with Gasteiger partial charge in [-0.1, -0.05) is 26.8 Å². The van der Waals surface area contributed by atoms with E-state index in [1.54, 1.807) is 10.9 Å². The zero-order valence-corrected chi connectivity index (χ0v) is 22.3. The minimum absolute atomic E-state index is 0.0230. The van der Waals surface area contributed by atoms with Crippen LogP contribution in [-0.2, 0) is 17.4 Å². The van der Waals surface area contributed by atoms with E-state index in [1.807, 2.05) is 36.9 Å². The molecule has 0 aliphatic carbocycles. The summed E-state index contributed by atoms with van der Waals surface area (Å²) in [6, 6.07) is 12.5. The molecule has 4 heterocycles. The van der Waals surface area contributed by atoms with Crippen molar-refractivity contribution in [2.75, 3.05) is 11.9 Å². The van der Waals surface area contributed by atoms with E-state index < -0.39 is 0 Å². The number of aromatic nitrogens is 4. The maximum Gasteiger partial charge on any atom is 0.276 e. The van der Waals surface area contributed by atoms with E-state index in [4.69, 9.17) is 0 Å². The van der Waals surface area contributed by atoms with Crippen molar-refractivity contribution in [2.24, 2.45) is 0 Å². The van der Waals surface area contributed by atoms with Crippen molar-refractivity contribution in [3.05, 3.63) is 76.0 Å². The van der Waals surface area contributed by atoms with Crippen LogP contribution >= 0.6 is 0 Å². The van der Waals surface area contributed by atoms with Gasteiger partial charge in [-0.25, -0.2) is 14.3 Å². The molecule has 2 N–H and O–H groups in total. The lowest BCUT2D eigenvalue weighted by molar-refractivity contribution is 0.382. The van der Waals surface area contributed by atoms with Crippen LogP contribution in [0.2, 0.25) is 0 Å². The van der Waals surface area contributed by atoms with Crippen molar-refractivity contribution in [1.82, 2.24) is 24.6 Å². The Morgan fingerprint density at radius 1 is 1.08 bits per heavy atom. The summed E-state index contributed by atoms with van der Waals surface area (Å²) in [5.41, 5.74) is 6.20. The van der Waals surface area contributed by atoms with E-state index in [-0.39, 0.29) is 22.6 Å². The van der Waals surface area contributed by atoms with E-state index in [9.17, 15) is 4.79 Å². The smallest absolute Gasteiger partial charge is 0.276 e. The normalized spacial score (nSPS) is 15.3. The first kappa shape index (κ1) is 24.3. The van der Waals surface area contributed by atoms with E-state index in [0.717, 1.165) is 35.6 Å². The monoisotopic (exact) mass is 484 g/mol. The molecule has 1 aliphatic rings. The highest BCUT2D eigenvalue weighted by Crippen LogP contribution is 2.31. The van der Waals surface area contributed by atoms with Gasteiger partial charge in [0.2, 0.25) is 0 Å². The third-order valence-electron chi connectivity index (χ3n) is 7.02. The van der Waals surface area contributed by atoms with Crippen LogP contribution < -0.4 is 16.2 Å². The highest BCUT2D eigenvalue weighted by atomic mass is 16.1. The molecule has 4 aromatic rings.